The van der Waals surface area contributed by atoms with Crippen LogP contribution in [0.2, 0.25) is 0 Å². The first kappa shape index (κ1) is 33.4. The van der Waals surface area contributed by atoms with Crippen LogP contribution in [0.25, 0.3) is 21.8 Å². The van der Waals surface area contributed by atoms with Crippen LogP contribution >= 0.6 is 0 Å². The van der Waals surface area contributed by atoms with Crippen molar-refractivity contribution in [1.29, 1.82) is 0 Å². The highest BCUT2D eigenvalue weighted by atomic mass is 16.5. The number of piperidine rings is 2. The minimum absolute atomic E-state index is 0.252. The molecule has 0 radical (unpaired) electrons. The summed E-state index contributed by atoms with van der Waals surface area (Å²) in [5.74, 6) is 0.864. The molecule has 3 aromatic carbocycles. The van der Waals surface area contributed by atoms with Gasteiger partial charge in [0.15, 0.2) is 0 Å². The number of rotatable bonds is 12. The summed E-state index contributed by atoms with van der Waals surface area (Å²) in [5, 5.41) is 7.51. The van der Waals surface area contributed by atoms with Gasteiger partial charge in [-0.15, -0.1) is 0 Å². The van der Waals surface area contributed by atoms with Crippen molar-refractivity contribution in [1.82, 2.24) is 19.8 Å². The summed E-state index contributed by atoms with van der Waals surface area (Å²) < 4.78 is 11.9. The van der Waals surface area contributed by atoms with Gasteiger partial charge in [-0.25, -0.2) is 9.97 Å². The van der Waals surface area contributed by atoms with Crippen LogP contribution in [0.3, 0.4) is 0 Å². The van der Waals surface area contributed by atoms with Gasteiger partial charge in [0, 0.05) is 35.2 Å². The zero-order valence-electron chi connectivity index (χ0n) is 28.4. The first-order valence-electron chi connectivity index (χ1n) is 17.8. The normalized spacial score (nSPS) is 15.5. The highest BCUT2D eigenvalue weighted by Gasteiger charge is 2.15. The van der Waals surface area contributed by atoms with E-state index < -0.39 is 0 Å². The van der Waals surface area contributed by atoms with Crippen molar-refractivity contribution in [2.45, 2.75) is 38.5 Å². The predicted molar refractivity (Wildman–Crippen MR) is 197 cm³/mol. The summed E-state index contributed by atoms with van der Waals surface area (Å²) in [7, 11) is 0. The number of amides is 2. The number of carbonyl (C=O) groups is 2. The SMILES string of the molecule is O=C(Nc1ccc(OCCN2CCCCC2)cc1)c1ccc2ccc3ccc(C(=O)Nc4ccc(OCCN5CCCCC5)cc4)nc3c2n1. The molecule has 2 fully saturated rings. The fraction of sp³-hybridized carbons (Fsp3) is 0.350. The Bertz CT molecular complexity index is 1780. The fourth-order valence-electron chi connectivity index (χ4n) is 6.63. The van der Waals surface area contributed by atoms with E-state index in [-0.39, 0.29) is 23.2 Å². The summed E-state index contributed by atoms with van der Waals surface area (Å²) in [4.78, 5) is 40.8. The molecule has 4 heterocycles. The first-order chi connectivity index (χ1) is 24.6. The van der Waals surface area contributed by atoms with Crippen LogP contribution in [0.5, 0.6) is 11.5 Å². The number of fused-ring (bicyclic) bond motifs is 3. The number of nitrogens with zero attached hydrogens (tertiary/aromatic N) is 4. The monoisotopic (exact) mass is 672 g/mol. The van der Waals surface area contributed by atoms with Crippen LogP contribution in [0.1, 0.15) is 59.5 Å². The summed E-state index contributed by atoms with van der Waals surface area (Å²) >= 11 is 0. The van der Waals surface area contributed by atoms with Crippen LogP contribution in [0.4, 0.5) is 11.4 Å². The van der Waals surface area contributed by atoms with Gasteiger partial charge >= 0.3 is 0 Å². The molecule has 0 bridgehead atoms. The standard InChI is InChI=1S/C40H44N6O4/c47-39(41-31-11-15-33(16-12-31)49-27-25-45-21-3-1-4-22-45)35-19-9-29-7-8-30-10-20-36(44-38(30)37(29)43-35)40(48)42-32-13-17-34(18-14-32)50-28-26-46-23-5-2-6-24-46/h7-20H,1-6,21-28H2,(H,41,47)(H,42,48). The molecule has 0 aliphatic carbocycles. The lowest BCUT2D eigenvalue weighted by Gasteiger charge is -2.26. The van der Waals surface area contributed by atoms with Crippen LogP contribution in [-0.2, 0) is 0 Å². The summed E-state index contributed by atoms with van der Waals surface area (Å²) in [6.07, 6.45) is 7.68. The molecule has 2 aromatic heterocycles. The Morgan fingerprint density at radius 1 is 0.520 bits per heavy atom. The number of carbonyl (C=O) groups excluding carboxylic acids is 2. The summed E-state index contributed by atoms with van der Waals surface area (Å²) in [6.45, 7) is 7.69. The van der Waals surface area contributed by atoms with E-state index in [4.69, 9.17) is 19.4 Å². The van der Waals surface area contributed by atoms with Gasteiger partial charge < -0.3 is 20.1 Å². The van der Waals surface area contributed by atoms with Gasteiger partial charge in [0.1, 0.15) is 36.1 Å². The zero-order chi connectivity index (χ0) is 34.1. The van der Waals surface area contributed by atoms with Crippen molar-refractivity contribution in [3.8, 4) is 11.5 Å². The second-order valence-electron chi connectivity index (χ2n) is 13.1. The fourth-order valence-corrected chi connectivity index (χ4v) is 6.63. The van der Waals surface area contributed by atoms with Crippen molar-refractivity contribution in [2.24, 2.45) is 0 Å². The second-order valence-corrected chi connectivity index (χ2v) is 13.1. The lowest BCUT2D eigenvalue weighted by atomic mass is 10.1. The molecule has 10 heteroatoms. The number of hydrogen-bond donors (Lipinski definition) is 2. The lowest BCUT2D eigenvalue weighted by molar-refractivity contribution is 0.101. The van der Waals surface area contributed by atoms with Crippen molar-refractivity contribution >= 4 is 45.0 Å². The second kappa shape index (κ2) is 16.1. The number of likely N-dealkylation sites (tertiary alicyclic amines) is 2. The third-order valence-electron chi connectivity index (χ3n) is 9.46. The lowest BCUT2D eigenvalue weighted by Crippen LogP contribution is -2.33. The molecule has 2 aliphatic heterocycles. The van der Waals surface area contributed by atoms with E-state index in [1.165, 1.54) is 38.5 Å². The number of benzene rings is 3. The predicted octanol–water partition coefficient (Wildman–Crippen LogP) is 7.02. The zero-order valence-corrected chi connectivity index (χ0v) is 28.4. The van der Waals surface area contributed by atoms with E-state index in [9.17, 15) is 9.59 Å². The number of aromatic nitrogens is 2. The van der Waals surface area contributed by atoms with Crippen LogP contribution in [-0.4, -0.2) is 84.1 Å². The molecule has 7 rings (SSSR count). The van der Waals surface area contributed by atoms with E-state index in [1.807, 2.05) is 72.8 Å². The molecule has 0 atom stereocenters. The Kier molecular flexibility index (Phi) is 10.8. The number of hydrogen-bond acceptors (Lipinski definition) is 8. The van der Waals surface area contributed by atoms with E-state index in [1.54, 1.807) is 12.1 Å². The minimum Gasteiger partial charge on any atom is -0.492 e. The van der Waals surface area contributed by atoms with Gasteiger partial charge in [-0.2, -0.15) is 0 Å². The Morgan fingerprint density at radius 3 is 1.30 bits per heavy atom. The quantitative estimate of drug-likeness (QED) is 0.136. The molecular weight excluding hydrogens is 628 g/mol. The van der Waals surface area contributed by atoms with Gasteiger partial charge in [-0.3, -0.25) is 19.4 Å². The van der Waals surface area contributed by atoms with E-state index in [0.717, 1.165) is 61.5 Å². The van der Waals surface area contributed by atoms with Crippen molar-refractivity contribution in [3.05, 3.63) is 96.3 Å². The molecule has 0 saturated carbocycles. The topological polar surface area (TPSA) is 109 Å². The largest absolute Gasteiger partial charge is 0.492 e. The Morgan fingerprint density at radius 2 is 0.900 bits per heavy atom. The molecule has 2 aliphatic rings. The van der Waals surface area contributed by atoms with Gasteiger partial charge in [-0.1, -0.05) is 37.1 Å². The Labute approximate surface area is 292 Å². The third kappa shape index (κ3) is 8.56. The number of anilines is 2. The van der Waals surface area contributed by atoms with E-state index in [0.29, 0.717) is 35.6 Å². The van der Waals surface area contributed by atoms with Crippen LogP contribution in [0.15, 0.2) is 84.9 Å². The van der Waals surface area contributed by atoms with Gasteiger partial charge in [0.25, 0.3) is 11.8 Å². The van der Waals surface area contributed by atoms with Gasteiger partial charge in [-0.05, 0) is 113 Å². The smallest absolute Gasteiger partial charge is 0.274 e. The molecule has 0 spiro atoms. The highest BCUT2D eigenvalue weighted by molar-refractivity contribution is 6.09. The van der Waals surface area contributed by atoms with E-state index >= 15 is 0 Å². The molecule has 10 nitrogen and oxygen atoms in total. The highest BCUT2D eigenvalue weighted by Crippen LogP contribution is 2.25. The minimum atomic E-state index is -0.338. The molecule has 258 valence electrons. The summed E-state index contributed by atoms with van der Waals surface area (Å²) in [5.41, 5.74) is 2.89. The molecule has 5 aromatic rings. The van der Waals surface area contributed by atoms with Crippen molar-refractivity contribution in [3.63, 3.8) is 0 Å². The van der Waals surface area contributed by atoms with E-state index in [2.05, 4.69) is 20.4 Å². The number of nitrogens with one attached hydrogen (secondary N) is 2. The molecule has 0 unspecified atom stereocenters. The average molecular weight is 673 g/mol. The Balaban J connectivity index is 0.974. The molecule has 2 saturated heterocycles. The molecule has 50 heavy (non-hydrogen) atoms. The Hall–Kier alpha value is -5.06. The average Bonchev–Trinajstić information content (AvgIpc) is 3.16. The maximum absolute atomic E-state index is 13.3. The third-order valence-corrected chi connectivity index (χ3v) is 9.46. The first-order valence-corrected chi connectivity index (χ1v) is 17.8. The maximum atomic E-state index is 13.3. The van der Waals surface area contributed by atoms with Crippen LogP contribution < -0.4 is 20.1 Å². The van der Waals surface area contributed by atoms with Crippen molar-refractivity contribution < 1.29 is 19.1 Å². The number of pyridine rings is 2. The van der Waals surface area contributed by atoms with Crippen LogP contribution in [0, 0.1) is 0 Å². The molecular formula is C40H44N6O4. The molecule has 2 N–H and O–H groups in total. The van der Waals surface area contributed by atoms with Gasteiger partial charge in [0.2, 0.25) is 0 Å². The summed E-state index contributed by atoms with van der Waals surface area (Å²) in [6, 6.07) is 25.7. The maximum Gasteiger partial charge on any atom is 0.274 e. The number of ether oxygens (including phenoxy) is 2. The van der Waals surface area contributed by atoms with Crippen molar-refractivity contribution in [2.75, 3.05) is 63.1 Å². The van der Waals surface area contributed by atoms with Gasteiger partial charge in [0.05, 0.1) is 11.0 Å². The molecule has 2 amide bonds.